The average Bonchev–Trinajstić information content (AvgIpc) is 2.53. The first-order chi connectivity index (χ1) is 5.63. The zero-order valence-corrected chi connectivity index (χ0v) is 7.62. The molecule has 0 aromatic rings. The van der Waals surface area contributed by atoms with Gasteiger partial charge in [0.1, 0.15) is 0 Å². The predicted octanol–water partition coefficient (Wildman–Crippen LogP) is 0.134. The minimum atomic E-state index is -0.428. The Balaban J connectivity index is 2.45. The van der Waals surface area contributed by atoms with Crippen molar-refractivity contribution in [2.45, 2.75) is 26.3 Å². The summed E-state index contributed by atoms with van der Waals surface area (Å²) in [5, 5.41) is 1.38. The second-order valence-corrected chi connectivity index (χ2v) is 3.40. The first-order valence-corrected chi connectivity index (χ1v) is 4.33. The van der Waals surface area contributed by atoms with E-state index in [2.05, 4.69) is 0 Å². The van der Waals surface area contributed by atoms with Crippen LogP contribution in [0.2, 0.25) is 0 Å². The molecule has 0 aromatic heterocycles. The first-order valence-electron chi connectivity index (χ1n) is 4.33. The third-order valence-corrected chi connectivity index (χ3v) is 2.00. The van der Waals surface area contributed by atoms with Gasteiger partial charge in [0.25, 0.3) is 5.91 Å². The van der Waals surface area contributed by atoms with Gasteiger partial charge in [-0.3, -0.25) is 9.63 Å². The number of hydrogen-bond donors (Lipinski definition) is 1. The van der Waals surface area contributed by atoms with Crippen LogP contribution in [0.15, 0.2) is 0 Å². The van der Waals surface area contributed by atoms with Crippen LogP contribution in [0.1, 0.15) is 20.3 Å². The summed E-state index contributed by atoms with van der Waals surface area (Å²) >= 11 is 0. The molecule has 0 bridgehead atoms. The van der Waals surface area contributed by atoms with Gasteiger partial charge in [0, 0.05) is 0 Å². The molecule has 0 spiro atoms. The Hall–Kier alpha value is -0.610. The average molecular weight is 172 g/mol. The van der Waals surface area contributed by atoms with Crippen molar-refractivity contribution in [2.75, 3.05) is 13.2 Å². The molecule has 0 radical (unpaired) electrons. The smallest absolute Gasteiger partial charge is 0.263 e. The van der Waals surface area contributed by atoms with Crippen LogP contribution in [0.5, 0.6) is 0 Å². The molecule has 4 heteroatoms. The van der Waals surface area contributed by atoms with Crippen molar-refractivity contribution in [3.05, 3.63) is 0 Å². The third kappa shape index (κ3) is 1.95. The van der Waals surface area contributed by atoms with Crippen molar-refractivity contribution in [1.82, 2.24) is 5.06 Å². The van der Waals surface area contributed by atoms with Crippen molar-refractivity contribution in [1.29, 1.82) is 0 Å². The summed E-state index contributed by atoms with van der Waals surface area (Å²) < 4.78 is 0. The van der Waals surface area contributed by atoms with Crippen LogP contribution >= 0.6 is 0 Å². The zero-order chi connectivity index (χ0) is 9.14. The van der Waals surface area contributed by atoms with Gasteiger partial charge in [0.15, 0.2) is 0 Å². The fourth-order valence-electron chi connectivity index (χ4n) is 1.07. The van der Waals surface area contributed by atoms with E-state index in [-0.39, 0.29) is 11.8 Å². The van der Waals surface area contributed by atoms with E-state index < -0.39 is 6.04 Å². The minimum Gasteiger partial charge on any atom is -0.320 e. The van der Waals surface area contributed by atoms with Crippen LogP contribution < -0.4 is 5.73 Å². The highest BCUT2D eigenvalue weighted by atomic mass is 16.7. The van der Waals surface area contributed by atoms with Crippen LogP contribution in [0, 0.1) is 5.92 Å². The molecule has 0 aromatic carbocycles. The Bertz CT molecular complexity index is 160. The van der Waals surface area contributed by atoms with Gasteiger partial charge >= 0.3 is 0 Å². The van der Waals surface area contributed by atoms with Crippen molar-refractivity contribution < 1.29 is 9.63 Å². The van der Waals surface area contributed by atoms with Gasteiger partial charge in [-0.2, -0.15) is 0 Å². The fraction of sp³-hybridized carbons (Fsp3) is 0.875. The molecule has 1 saturated heterocycles. The van der Waals surface area contributed by atoms with Gasteiger partial charge in [-0.05, 0) is 12.3 Å². The number of carbonyl (C=O) groups excluding carboxylic acids is 1. The molecule has 2 N–H and O–H groups in total. The van der Waals surface area contributed by atoms with Crippen LogP contribution in [0.25, 0.3) is 0 Å². The Morgan fingerprint density at radius 3 is 2.67 bits per heavy atom. The lowest BCUT2D eigenvalue weighted by Gasteiger charge is -2.20. The number of carbonyl (C=O) groups is 1. The van der Waals surface area contributed by atoms with E-state index in [1.165, 1.54) is 5.06 Å². The topological polar surface area (TPSA) is 55.6 Å². The van der Waals surface area contributed by atoms with E-state index in [4.69, 9.17) is 10.6 Å². The van der Waals surface area contributed by atoms with Crippen LogP contribution in [0.3, 0.4) is 0 Å². The summed E-state index contributed by atoms with van der Waals surface area (Å²) in [6.45, 7) is 5.17. The highest BCUT2D eigenvalue weighted by Crippen LogP contribution is 2.09. The van der Waals surface area contributed by atoms with E-state index in [0.29, 0.717) is 13.2 Å². The lowest BCUT2D eigenvalue weighted by molar-refractivity contribution is -0.171. The molecule has 0 aliphatic carbocycles. The Labute approximate surface area is 72.6 Å². The number of nitrogens with zero attached hydrogens (tertiary/aromatic N) is 1. The van der Waals surface area contributed by atoms with Gasteiger partial charge in [0.05, 0.1) is 19.2 Å². The summed E-state index contributed by atoms with van der Waals surface area (Å²) in [6.07, 6.45) is 0.913. The maximum absolute atomic E-state index is 11.5. The molecule has 1 aliphatic heterocycles. The number of nitrogens with two attached hydrogens (primary N) is 1. The fourth-order valence-corrected chi connectivity index (χ4v) is 1.07. The van der Waals surface area contributed by atoms with Gasteiger partial charge in [-0.25, -0.2) is 5.06 Å². The van der Waals surface area contributed by atoms with Gasteiger partial charge in [0.2, 0.25) is 0 Å². The number of hydrogen-bond acceptors (Lipinski definition) is 3. The number of amides is 1. The standard InChI is InChI=1S/C8H16N2O2/c1-6(2)7(9)8(11)10-4-3-5-12-10/h6-7H,3-5,9H2,1-2H3/t7-/m1/s1. The van der Waals surface area contributed by atoms with Crippen molar-refractivity contribution in [3.8, 4) is 0 Å². The number of hydroxylamine groups is 2. The first kappa shape index (κ1) is 9.48. The van der Waals surface area contributed by atoms with E-state index in [0.717, 1.165) is 6.42 Å². The normalized spacial score (nSPS) is 20.2. The Kier molecular flexibility index (Phi) is 3.05. The van der Waals surface area contributed by atoms with Gasteiger partial charge in [-0.1, -0.05) is 13.8 Å². The lowest BCUT2D eigenvalue weighted by Crippen LogP contribution is -2.44. The van der Waals surface area contributed by atoms with E-state index >= 15 is 0 Å². The Morgan fingerprint density at radius 1 is 1.58 bits per heavy atom. The van der Waals surface area contributed by atoms with Crippen LogP contribution in [-0.4, -0.2) is 30.2 Å². The van der Waals surface area contributed by atoms with Crippen molar-refractivity contribution in [3.63, 3.8) is 0 Å². The zero-order valence-electron chi connectivity index (χ0n) is 7.62. The summed E-state index contributed by atoms with van der Waals surface area (Å²) in [5.41, 5.74) is 5.67. The number of rotatable bonds is 2. The van der Waals surface area contributed by atoms with Gasteiger partial charge < -0.3 is 5.73 Å². The molecular weight excluding hydrogens is 156 g/mol. The molecule has 1 aliphatic rings. The molecule has 12 heavy (non-hydrogen) atoms. The molecule has 70 valence electrons. The second-order valence-electron chi connectivity index (χ2n) is 3.40. The molecule has 4 nitrogen and oxygen atoms in total. The van der Waals surface area contributed by atoms with Crippen molar-refractivity contribution >= 4 is 5.91 Å². The summed E-state index contributed by atoms with van der Waals surface area (Å²) in [4.78, 5) is 16.6. The highest BCUT2D eigenvalue weighted by Gasteiger charge is 2.26. The minimum absolute atomic E-state index is 0.0949. The van der Waals surface area contributed by atoms with Crippen molar-refractivity contribution in [2.24, 2.45) is 11.7 Å². The Morgan fingerprint density at radius 2 is 2.25 bits per heavy atom. The van der Waals surface area contributed by atoms with Crippen LogP contribution in [-0.2, 0) is 9.63 Å². The lowest BCUT2D eigenvalue weighted by atomic mass is 10.1. The highest BCUT2D eigenvalue weighted by molar-refractivity contribution is 5.81. The molecule has 1 amide bonds. The summed E-state index contributed by atoms with van der Waals surface area (Å²) in [7, 11) is 0. The van der Waals surface area contributed by atoms with Gasteiger partial charge in [-0.15, -0.1) is 0 Å². The third-order valence-electron chi connectivity index (χ3n) is 2.00. The SMILES string of the molecule is CC(C)[C@@H](N)C(=O)N1CCCO1. The molecular formula is C8H16N2O2. The molecule has 1 atom stereocenters. The summed E-state index contributed by atoms with van der Waals surface area (Å²) in [5.74, 6) is 0.0733. The molecule has 1 fully saturated rings. The molecule has 0 saturated carbocycles. The second kappa shape index (κ2) is 3.87. The molecule has 1 rings (SSSR count). The largest absolute Gasteiger partial charge is 0.320 e. The van der Waals surface area contributed by atoms with Crippen LogP contribution in [0.4, 0.5) is 0 Å². The quantitative estimate of drug-likeness (QED) is 0.644. The van der Waals surface area contributed by atoms with E-state index in [1.807, 2.05) is 13.8 Å². The summed E-state index contributed by atoms with van der Waals surface area (Å²) in [6, 6.07) is -0.428. The molecule has 1 heterocycles. The monoisotopic (exact) mass is 172 g/mol. The molecule has 0 unspecified atom stereocenters. The maximum Gasteiger partial charge on any atom is 0.263 e. The van der Waals surface area contributed by atoms with E-state index in [9.17, 15) is 4.79 Å². The predicted molar refractivity (Wildman–Crippen MR) is 45.1 cm³/mol. The maximum atomic E-state index is 11.5. The van der Waals surface area contributed by atoms with E-state index in [1.54, 1.807) is 0 Å².